The lowest BCUT2D eigenvalue weighted by Gasteiger charge is -2.10. The van der Waals surface area contributed by atoms with Crippen LogP contribution in [0.3, 0.4) is 0 Å². The Balaban J connectivity index is 1.84. The van der Waals surface area contributed by atoms with Gasteiger partial charge >= 0.3 is 5.97 Å². The summed E-state index contributed by atoms with van der Waals surface area (Å²) in [6.45, 7) is 2.77. The summed E-state index contributed by atoms with van der Waals surface area (Å²) in [4.78, 5) is 16.4. The number of aromatic nitrogens is 1. The maximum Gasteiger partial charge on any atom is 0.338 e. The minimum absolute atomic E-state index is 0.325. The number of methoxy groups -OCH3 is 1. The molecule has 25 heavy (non-hydrogen) atoms. The molecule has 0 spiro atoms. The van der Waals surface area contributed by atoms with E-state index in [4.69, 9.17) is 9.47 Å². The summed E-state index contributed by atoms with van der Waals surface area (Å²) in [5, 5.41) is 5.24. The molecule has 0 bridgehead atoms. The molecule has 0 aliphatic carbocycles. The van der Waals surface area contributed by atoms with Gasteiger partial charge in [0.05, 0.1) is 19.3 Å². The molecule has 1 N–H and O–H groups in total. The molecule has 0 saturated heterocycles. The standard InChI is InChI=1S/C20H20N2O3/c1-3-25-20(23)16-7-6-15-10-11-21-19(18(15)12-16)22-13-14-4-8-17(24-2)9-5-14/h4-12H,3,13H2,1-2H3,(H,21,22). The number of ether oxygens (including phenoxy) is 2. The first-order valence-corrected chi connectivity index (χ1v) is 8.14. The number of nitrogens with one attached hydrogen (secondary N) is 1. The van der Waals surface area contributed by atoms with Gasteiger partial charge in [-0.05, 0) is 48.2 Å². The van der Waals surface area contributed by atoms with E-state index in [0.717, 1.165) is 27.9 Å². The summed E-state index contributed by atoms with van der Waals surface area (Å²) in [6, 6.07) is 15.3. The van der Waals surface area contributed by atoms with E-state index in [1.165, 1.54) is 0 Å². The van der Waals surface area contributed by atoms with Crippen LogP contribution in [-0.2, 0) is 11.3 Å². The zero-order chi connectivity index (χ0) is 17.6. The number of carbonyl (C=O) groups excluding carboxylic acids is 1. The summed E-state index contributed by atoms with van der Waals surface area (Å²) >= 11 is 0. The Kier molecular flexibility index (Phi) is 5.14. The van der Waals surface area contributed by atoms with E-state index in [2.05, 4.69) is 10.3 Å². The van der Waals surface area contributed by atoms with Crippen LogP contribution in [0.1, 0.15) is 22.8 Å². The first-order chi connectivity index (χ1) is 12.2. The Morgan fingerprint density at radius 2 is 1.92 bits per heavy atom. The van der Waals surface area contributed by atoms with E-state index in [1.54, 1.807) is 26.3 Å². The smallest absolute Gasteiger partial charge is 0.338 e. The zero-order valence-corrected chi connectivity index (χ0v) is 14.3. The highest BCUT2D eigenvalue weighted by atomic mass is 16.5. The van der Waals surface area contributed by atoms with Gasteiger partial charge in [-0.1, -0.05) is 18.2 Å². The zero-order valence-electron chi connectivity index (χ0n) is 14.3. The van der Waals surface area contributed by atoms with Crippen LogP contribution in [0, 0.1) is 0 Å². The molecule has 0 unspecified atom stereocenters. The van der Waals surface area contributed by atoms with Crippen molar-refractivity contribution in [3.63, 3.8) is 0 Å². The second kappa shape index (κ2) is 7.66. The Labute approximate surface area is 146 Å². The van der Waals surface area contributed by atoms with Gasteiger partial charge in [0.15, 0.2) is 0 Å². The van der Waals surface area contributed by atoms with Gasteiger partial charge in [0.2, 0.25) is 0 Å². The highest BCUT2D eigenvalue weighted by Crippen LogP contribution is 2.23. The van der Waals surface area contributed by atoms with Gasteiger partial charge in [-0.3, -0.25) is 0 Å². The van der Waals surface area contributed by atoms with Crippen molar-refractivity contribution in [2.24, 2.45) is 0 Å². The molecule has 0 aliphatic rings. The van der Waals surface area contributed by atoms with Crippen LogP contribution in [0.15, 0.2) is 54.7 Å². The highest BCUT2D eigenvalue weighted by molar-refractivity contribution is 5.99. The van der Waals surface area contributed by atoms with Crippen molar-refractivity contribution in [2.75, 3.05) is 19.0 Å². The molecule has 3 rings (SSSR count). The lowest BCUT2D eigenvalue weighted by molar-refractivity contribution is 0.0526. The van der Waals surface area contributed by atoms with Crippen LogP contribution in [0.5, 0.6) is 5.75 Å². The van der Waals surface area contributed by atoms with Crippen molar-refractivity contribution in [1.82, 2.24) is 4.98 Å². The summed E-state index contributed by atoms with van der Waals surface area (Å²) in [7, 11) is 1.65. The summed E-state index contributed by atoms with van der Waals surface area (Å²) < 4.78 is 10.2. The van der Waals surface area contributed by atoms with Gasteiger partial charge in [0, 0.05) is 18.1 Å². The van der Waals surface area contributed by atoms with Crippen LogP contribution in [0.2, 0.25) is 0 Å². The highest BCUT2D eigenvalue weighted by Gasteiger charge is 2.09. The van der Waals surface area contributed by atoms with Crippen molar-refractivity contribution in [3.8, 4) is 5.75 Å². The van der Waals surface area contributed by atoms with Crippen molar-refractivity contribution >= 4 is 22.6 Å². The average Bonchev–Trinajstić information content (AvgIpc) is 2.66. The van der Waals surface area contributed by atoms with Gasteiger partial charge < -0.3 is 14.8 Å². The quantitative estimate of drug-likeness (QED) is 0.689. The third kappa shape index (κ3) is 3.88. The monoisotopic (exact) mass is 336 g/mol. The predicted molar refractivity (Wildman–Crippen MR) is 98.0 cm³/mol. The lowest BCUT2D eigenvalue weighted by atomic mass is 10.1. The van der Waals surface area contributed by atoms with Crippen LogP contribution in [-0.4, -0.2) is 24.7 Å². The third-order valence-corrected chi connectivity index (χ3v) is 3.90. The van der Waals surface area contributed by atoms with E-state index >= 15 is 0 Å². The van der Waals surface area contributed by atoms with E-state index in [9.17, 15) is 4.79 Å². The Hall–Kier alpha value is -3.08. The fourth-order valence-electron chi connectivity index (χ4n) is 2.58. The largest absolute Gasteiger partial charge is 0.497 e. The summed E-state index contributed by atoms with van der Waals surface area (Å²) in [6.07, 6.45) is 1.75. The van der Waals surface area contributed by atoms with E-state index in [0.29, 0.717) is 18.7 Å². The number of nitrogens with zero attached hydrogens (tertiary/aromatic N) is 1. The number of hydrogen-bond donors (Lipinski definition) is 1. The van der Waals surface area contributed by atoms with Crippen molar-refractivity contribution in [2.45, 2.75) is 13.5 Å². The van der Waals surface area contributed by atoms with Crippen LogP contribution in [0.4, 0.5) is 5.82 Å². The minimum Gasteiger partial charge on any atom is -0.497 e. The lowest BCUT2D eigenvalue weighted by Crippen LogP contribution is -2.05. The topological polar surface area (TPSA) is 60.5 Å². The molecule has 0 fully saturated rings. The molecular weight excluding hydrogens is 316 g/mol. The van der Waals surface area contributed by atoms with Gasteiger partial charge in [-0.25, -0.2) is 9.78 Å². The van der Waals surface area contributed by atoms with E-state index < -0.39 is 0 Å². The molecule has 1 aromatic heterocycles. The molecule has 5 heteroatoms. The van der Waals surface area contributed by atoms with E-state index in [1.807, 2.05) is 42.5 Å². The molecule has 0 radical (unpaired) electrons. The van der Waals surface area contributed by atoms with Crippen LogP contribution in [0.25, 0.3) is 10.8 Å². The predicted octanol–water partition coefficient (Wildman–Crippen LogP) is 4.03. The number of pyridine rings is 1. The van der Waals surface area contributed by atoms with Crippen molar-refractivity contribution in [1.29, 1.82) is 0 Å². The molecule has 128 valence electrons. The number of carbonyl (C=O) groups is 1. The molecule has 2 aromatic carbocycles. The fraction of sp³-hybridized carbons (Fsp3) is 0.200. The minimum atomic E-state index is -0.325. The van der Waals surface area contributed by atoms with Gasteiger partial charge in [0.25, 0.3) is 0 Å². The number of rotatable bonds is 6. The average molecular weight is 336 g/mol. The molecule has 0 saturated carbocycles. The number of esters is 1. The molecule has 0 atom stereocenters. The number of fused-ring (bicyclic) bond motifs is 1. The van der Waals surface area contributed by atoms with E-state index in [-0.39, 0.29) is 5.97 Å². The van der Waals surface area contributed by atoms with Crippen LogP contribution >= 0.6 is 0 Å². The van der Waals surface area contributed by atoms with Gasteiger partial charge in [0.1, 0.15) is 11.6 Å². The van der Waals surface area contributed by atoms with Gasteiger partial charge in [-0.2, -0.15) is 0 Å². The second-order valence-corrected chi connectivity index (χ2v) is 5.52. The normalized spacial score (nSPS) is 10.5. The first kappa shape index (κ1) is 16.8. The molecule has 5 nitrogen and oxygen atoms in total. The summed E-state index contributed by atoms with van der Waals surface area (Å²) in [5.41, 5.74) is 1.64. The summed E-state index contributed by atoms with van der Waals surface area (Å²) in [5.74, 6) is 1.24. The first-order valence-electron chi connectivity index (χ1n) is 8.14. The molecule has 1 heterocycles. The Morgan fingerprint density at radius 1 is 1.12 bits per heavy atom. The maximum atomic E-state index is 12.0. The third-order valence-electron chi connectivity index (χ3n) is 3.90. The molecule has 0 aliphatic heterocycles. The Bertz CT molecular complexity index is 876. The SMILES string of the molecule is CCOC(=O)c1ccc2ccnc(NCc3ccc(OC)cc3)c2c1. The van der Waals surface area contributed by atoms with Crippen molar-refractivity contribution in [3.05, 3.63) is 65.9 Å². The molecule has 0 amide bonds. The number of anilines is 1. The molecular formula is C20H20N2O3. The number of benzene rings is 2. The van der Waals surface area contributed by atoms with Crippen LogP contribution < -0.4 is 10.1 Å². The molecule has 3 aromatic rings. The Morgan fingerprint density at radius 3 is 2.64 bits per heavy atom. The fourth-order valence-corrected chi connectivity index (χ4v) is 2.58. The maximum absolute atomic E-state index is 12.0. The van der Waals surface area contributed by atoms with Gasteiger partial charge in [-0.15, -0.1) is 0 Å². The van der Waals surface area contributed by atoms with Crippen molar-refractivity contribution < 1.29 is 14.3 Å². The second-order valence-electron chi connectivity index (χ2n) is 5.52. The number of hydrogen-bond acceptors (Lipinski definition) is 5.